The molecule has 1 aromatic heterocycles. The number of H-pyrrole nitrogens is 1. The van der Waals surface area contributed by atoms with Gasteiger partial charge in [0.25, 0.3) is 0 Å². The third-order valence-corrected chi connectivity index (χ3v) is 3.73. The Balaban J connectivity index is 2.27. The topological polar surface area (TPSA) is 98.3 Å². The first kappa shape index (κ1) is 15.3. The van der Waals surface area contributed by atoms with Crippen LogP contribution in [-0.4, -0.2) is 44.6 Å². The minimum atomic E-state index is -1.08. The summed E-state index contributed by atoms with van der Waals surface area (Å²) in [5.74, 6) is 0.0744. The number of carboxylic acid groups (broad SMARTS) is 1. The highest BCUT2D eigenvalue weighted by Crippen LogP contribution is 2.33. The Morgan fingerprint density at radius 1 is 1.57 bits per heavy atom. The van der Waals surface area contributed by atoms with Gasteiger partial charge in [-0.05, 0) is 12.3 Å². The van der Waals surface area contributed by atoms with E-state index in [0.29, 0.717) is 25.3 Å². The molecule has 0 unspecified atom stereocenters. The van der Waals surface area contributed by atoms with Crippen LogP contribution in [0.3, 0.4) is 0 Å². The summed E-state index contributed by atoms with van der Waals surface area (Å²) in [6.07, 6.45) is 1.39. The lowest BCUT2D eigenvalue weighted by atomic mass is 9.94. The third-order valence-electron chi connectivity index (χ3n) is 3.73. The first-order chi connectivity index (χ1) is 9.95. The van der Waals surface area contributed by atoms with E-state index in [-0.39, 0.29) is 11.9 Å². The van der Waals surface area contributed by atoms with Gasteiger partial charge in [0.1, 0.15) is 6.04 Å². The second kappa shape index (κ2) is 6.15. The first-order valence-electron chi connectivity index (χ1n) is 7.26. The highest BCUT2D eigenvalue weighted by molar-refractivity contribution is 5.86. The zero-order valence-electron chi connectivity index (χ0n) is 12.6. The van der Waals surface area contributed by atoms with Crippen molar-refractivity contribution in [3.8, 4) is 0 Å². The van der Waals surface area contributed by atoms with Crippen LogP contribution in [0.25, 0.3) is 0 Å². The van der Waals surface area contributed by atoms with Crippen molar-refractivity contribution in [1.29, 1.82) is 0 Å². The molecule has 0 saturated carbocycles. The standard InChI is InChI=1S/C14H22N4O3/c1-4-10-12-9(16-7-17-12)5-11(18(10)14(20)21)13(19)15-6-8(2)3/h7-8,10-11H,4-6H2,1-3H3,(H,15,19)(H,16,17)(H,20,21)/t10-,11-/m0/s1. The highest BCUT2D eigenvalue weighted by Gasteiger charge is 2.41. The number of nitrogens with one attached hydrogen (secondary N) is 2. The van der Waals surface area contributed by atoms with Crippen LogP contribution in [-0.2, 0) is 11.2 Å². The lowest BCUT2D eigenvalue weighted by Gasteiger charge is -2.38. The predicted molar refractivity (Wildman–Crippen MR) is 76.8 cm³/mol. The van der Waals surface area contributed by atoms with Crippen LogP contribution in [0.2, 0.25) is 0 Å². The zero-order valence-corrected chi connectivity index (χ0v) is 12.6. The van der Waals surface area contributed by atoms with Crippen molar-refractivity contribution >= 4 is 12.0 Å². The molecule has 0 bridgehead atoms. The summed E-state index contributed by atoms with van der Waals surface area (Å²) in [6.45, 7) is 6.43. The Labute approximate surface area is 123 Å². The molecule has 7 nitrogen and oxygen atoms in total. The first-order valence-corrected chi connectivity index (χ1v) is 7.26. The van der Waals surface area contributed by atoms with E-state index >= 15 is 0 Å². The molecule has 1 aliphatic rings. The summed E-state index contributed by atoms with van der Waals surface area (Å²) in [5.41, 5.74) is 1.58. The van der Waals surface area contributed by atoms with Gasteiger partial charge >= 0.3 is 6.09 Å². The fourth-order valence-electron chi connectivity index (χ4n) is 2.72. The number of carbonyl (C=O) groups is 2. The molecular formula is C14H22N4O3. The molecular weight excluding hydrogens is 272 g/mol. The molecule has 2 amide bonds. The minimum Gasteiger partial charge on any atom is -0.465 e. The van der Waals surface area contributed by atoms with Gasteiger partial charge in [-0.3, -0.25) is 9.69 Å². The van der Waals surface area contributed by atoms with E-state index in [1.165, 1.54) is 4.90 Å². The van der Waals surface area contributed by atoms with Crippen molar-refractivity contribution in [2.24, 2.45) is 5.92 Å². The normalized spacial score (nSPS) is 21.2. The van der Waals surface area contributed by atoms with Crippen molar-refractivity contribution in [3.63, 3.8) is 0 Å². The molecule has 2 rings (SSSR count). The molecule has 0 spiro atoms. The number of hydrogen-bond acceptors (Lipinski definition) is 3. The Bertz CT molecular complexity index is 526. The number of carbonyl (C=O) groups excluding carboxylic acids is 1. The number of rotatable bonds is 4. The second-order valence-corrected chi connectivity index (χ2v) is 5.74. The molecule has 0 saturated heterocycles. The SMILES string of the molecule is CC[C@H]1c2nc[nH]c2C[C@@H](C(=O)NCC(C)C)N1C(=O)O. The number of fused-ring (bicyclic) bond motifs is 1. The summed E-state index contributed by atoms with van der Waals surface area (Å²) in [4.78, 5) is 32.4. The Morgan fingerprint density at radius 3 is 2.86 bits per heavy atom. The van der Waals surface area contributed by atoms with E-state index in [4.69, 9.17) is 0 Å². The maximum absolute atomic E-state index is 12.4. The van der Waals surface area contributed by atoms with Gasteiger partial charge < -0.3 is 15.4 Å². The third kappa shape index (κ3) is 3.01. The van der Waals surface area contributed by atoms with E-state index in [1.807, 2.05) is 20.8 Å². The fourth-order valence-corrected chi connectivity index (χ4v) is 2.72. The largest absolute Gasteiger partial charge is 0.465 e. The van der Waals surface area contributed by atoms with Crippen LogP contribution >= 0.6 is 0 Å². The summed E-state index contributed by atoms with van der Waals surface area (Å²) in [6, 6.07) is -1.09. The predicted octanol–water partition coefficient (Wildman–Crippen LogP) is 1.54. The van der Waals surface area contributed by atoms with Gasteiger partial charge in [-0.1, -0.05) is 20.8 Å². The van der Waals surface area contributed by atoms with Crippen LogP contribution in [0, 0.1) is 5.92 Å². The molecule has 0 aliphatic carbocycles. The van der Waals surface area contributed by atoms with Crippen molar-refractivity contribution in [2.45, 2.75) is 45.7 Å². The van der Waals surface area contributed by atoms with Gasteiger partial charge in [0.05, 0.1) is 18.1 Å². The van der Waals surface area contributed by atoms with Crippen LogP contribution in [0.4, 0.5) is 4.79 Å². The molecule has 0 aromatic carbocycles. The van der Waals surface area contributed by atoms with Crippen molar-refractivity contribution in [3.05, 3.63) is 17.7 Å². The summed E-state index contributed by atoms with van der Waals surface area (Å²) in [7, 11) is 0. The lowest BCUT2D eigenvalue weighted by Crippen LogP contribution is -2.54. The highest BCUT2D eigenvalue weighted by atomic mass is 16.4. The van der Waals surface area contributed by atoms with Crippen LogP contribution in [0.15, 0.2) is 6.33 Å². The summed E-state index contributed by atoms with van der Waals surface area (Å²) in [5, 5.41) is 12.3. The van der Waals surface area contributed by atoms with Crippen molar-refractivity contribution in [1.82, 2.24) is 20.2 Å². The van der Waals surface area contributed by atoms with Gasteiger partial charge in [0, 0.05) is 18.7 Å². The Hall–Kier alpha value is -2.05. The average molecular weight is 294 g/mol. The molecule has 21 heavy (non-hydrogen) atoms. The number of imidazole rings is 1. The van der Waals surface area contributed by atoms with E-state index < -0.39 is 12.1 Å². The maximum atomic E-state index is 12.4. The van der Waals surface area contributed by atoms with E-state index in [1.54, 1.807) is 6.33 Å². The molecule has 2 atom stereocenters. The average Bonchev–Trinajstić information content (AvgIpc) is 2.90. The Kier molecular flexibility index (Phi) is 4.50. The number of nitrogens with zero attached hydrogens (tertiary/aromatic N) is 2. The molecule has 2 heterocycles. The molecule has 1 aliphatic heterocycles. The maximum Gasteiger partial charge on any atom is 0.408 e. The second-order valence-electron chi connectivity index (χ2n) is 5.74. The van der Waals surface area contributed by atoms with Crippen LogP contribution in [0.5, 0.6) is 0 Å². The quantitative estimate of drug-likeness (QED) is 0.784. The monoisotopic (exact) mass is 294 g/mol. The Morgan fingerprint density at radius 2 is 2.29 bits per heavy atom. The van der Waals surface area contributed by atoms with Crippen molar-refractivity contribution < 1.29 is 14.7 Å². The fraction of sp³-hybridized carbons (Fsp3) is 0.643. The van der Waals surface area contributed by atoms with E-state index in [9.17, 15) is 14.7 Å². The smallest absolute Gasteiger partial charge is 0.408 e. The lowest BCUT2D eigenvalue weighted by molar-refractivity contribution is -0.127. The van der Waals surface area contributed by atoms with Gasteiger partial charge in [-0.2, -0.15) is 0 Å². The van der Waals surface area contributed by atoms with Gasteiger partial charge in [-0.25, -0.2) is 9.78 Å². The number of aromatic amines is 1. The van der Waals surface area contributed by atoms with Gasteiger partial charge in [-0.15, -0.1) is 0 Å². The van der Waals surface area contributed by atoms with Crippen LogP contribution < -0.4 is 5.32 Å². The summed E-state index contributed by atoms with van der Waals surface area (Å²) < 4.78 is 0. The molecule has 0 fully saturated rings. The number of amides is 2. The molecule has 3 N–H and O–H groups in total. The molecule has 7 heteroatoms. The minimum absolute atomic E-state index is 0.246. The molecule has 116 valence electrons. The number of hydrogen-bond donors (Lipinski definition) is 3. The van der Waals surface area contributed by atoms with Gasteiger partial charge in [0.15, 0.2) is 0 Å². The molecule has 1 aromatic rings. The van der Waals surface area contributed by atoms with Crippen molar-refractivity contribution in [2.75, 3.05) is 6.54 Å². The number of aromatic nitrogens is 2. The molecule has 0 radical (unpaired) electrons. The van der Waals surface area contributed by atoms with E-state index in [0.717, 1.165) is 11.4 Å². The van der Waals surface area contributed by atoms with Crippen LogP contribution in [0.1, 0.15) is 44.6 Å². The summed E-state index contributed by atoms with van der Waals surface area (Å²) >= 11 is 0. The van der Waals surface area contributed by atoms with E-state index in [2.05, 4.69) is 15.3 Å². The van der Waals surface area contributed by atoms with Gasteiger partial charge in [0.2, 0.25) is 5.91 Å². The zero-order chi connectivity index (χ0) is 15.6.